The van der Waals surface area contributed by atoms with Gasteiger partial charge < -0.3 is 0 Å². The Kier molecular flexibility index (Phi) is 7.34. The molecule has 0 rings (SSSR count). The van der Waals surface area contributed by atoms with Crippen LogP contribution in [0.25, 0.3) is 0 Å². The van der Waals surface area contributed by atoms with Crippen LogP contribution in [0.2, 0.25) is 0 Å². The van der Waals surface area contributed by atoms with Crippen LogP contribution in [0.4, 0.5) is 65.9 Å². The van der Waals surface area contributed by atoms with Crippen LogP contribution in [-0.2, 0) is 30.0 Å². The maximum absolute atomic E-state index is 13.6. The summed E-state index contributed by atoms with van der Waals surface area (Å²) >= 11 is 0. The SMILES string of the molecule is CN(S(=O)(=O)C(F)(F)C(F)(F)C(F)(F)C(F)(F)F)S(=O)(=NS(=O)(=O)C(F)(F)F)C(F)(F)F. The predicted octanol–water partition coefficient (Wildman–Crippen LogP) is 3.43. The van der Waals surface area contributed by atoms with Crippen molar-refractivity contribution in [1.82, 2.24) is 3.71 Å². The van der Waals surface area contributed by atoms with Crippen LogP contribution < -0.4 is 0 Å². The second-order valence-electron chi connectivity index (χ2n) is 5.02. The summed E-state index contributed by atoms with van der Waals surface area (Å²) in [5.41, 5.74) is -14.2. The molecule has 0 amide bonds. The molecule has 1 atom stereocenters. The lowest BCUT2D eigenvalue weighted by atomic mass is 10.1. The molecule has 0 heterocycles. The van der Waals surface area contributed by atoms with Gasteiger partial charge in [0.15, 0.2) is 0 Å². The van der Waals surface area contributed by atoms with Crippen molar-refractivity contribution in [3.05, 3.63) is 0 Å². The van der Waals surface area contributed by atoms with Crippen molar-refractivity contribution >= 4 is 30.0 Å². The van der Waals surface area contributed by atoms with E-state index in [0.29, 0.717) is 3.77 Å². The molecule has 194 valence electrons. The van der Waals surface area contributed by atoms with E-state index < -0.39 is 75.0 Å². The Hall–Kier alpha value is -1.24. The molecule has 32 heavy (non-hydrogen) atoms. The zero-order valence-corrected chi connectivity index (χ0v) is 16.3. The van der Waals surface area contributed by atoms with E-state index in [0.717, 1.165) is 0 Å². The molecule has 0 aliphatic carbocycles. The Bertz CT molecular complexity index is 1060. The van der Waals surface area contributed by atoms with Crippen LogP contribution in [-0.4, -0.2) is 66.1 Å². The van der Waals surface area contributed by atoms with Crippen molar-refractivity contribution in [3.8, 4) is 0 Å². The van der Waals surface area contributed by atoms with Gasteiger partial charge in [0.05, 0.1) is 0 Å². The van der Waals surface area contributed by atoms with Gasteiger partial charge in [-0.15, -0.1) is 3.71 Å². The Morgan fingerprint density at radius 2 is 0.938 bits per heavy atom. The molecule has 0 spiro atoms. The molecule has 25 heteroatoms. The van der Waals surface area contributed by atoms with Gasteiger partial charge in [-0.1, -0.05) is 3.77 Å². The highest BCUT2D eigenvalue weighted by atomic mass is 32.3. The van der Waals surface area contributed by atoms with E-state index in [2.05, 4.69) is 0 Å². The molecule has 0 aromatic carbocycles. The van der Waals surface area contributed by atoms with Crippen molar-refractivity contribution in [3.63, 3.8) is 0 Å². The maximum Gasteiger partial charge on any atom is 0.519 e. The van der Waals surface area contributed by atoms with Crippen LogP contribution in [0.1, 0.15) is 0 Å². The average molecular weight is 576 g/mol. The van der Waals surface area contributed by atoms with Gasteiger partial charge in [-0.25, -0.2) is 12.6 Å². The molecule has 0 saturated carbocycles. The Morgan fingerprint density at radius 3 is 1.19 bits per heavy atom. The lowest BCUT2D eigenvalue weighted by Crippen LogP contribution is -2.65. The van der Waals surface area contributed by atoms with E-state index in [-0.39, 0.29) is 0 Å². The molecule has 0 radical (unpaired) electrons. The van der Waals surface area contributed by atoms with E-state index >= 15 is 0 Å². The molecule has 0 aromatic rings. The van der Waals surface area contributed by atoms with Crippen molar-refractivity contribution < 1.29 is 86.9 Å². The minimum absolute atomic E-state index is 0.564. The fourth-order valence-electron chi connectivity index (χ4n) is 1.23. The predicted molar refractivity (Wildman–Crippen MR) is 69.2 cm³/mol. The fraction of sp³-hybridized carbons (Fsp3) is 1.00. The van der Waals surface area contributed by atoms with Crippen LogP contribution in [0.3, 0.4) is 0 Å². The van der Waals surface area contributed by atoms with Crippen LogP contribution >= 0.6 is 0 Å². The summed E-state index contributed by atoms with van der Waals surface area (Å²) in [6.07, 6.45) is -7.68. The van der Waals surface area contributed by atoms with E-state index in [9.17, 15) is 86.9 Å². The first-order valence-corrected chi connectivity index (χ1v) is 10.6. The molecule has 1 unspecified atom stereocenters. The van der Waals surface area contributed by atoms with Crippen molar-refractivity contribution in [1.29, 1.82) is 0 Å². The largest absolute Gasteiger partial charge is 0.519 e. The van der Waals surface area contributed by atoms with E-state index in [1.807, 2.05) is 0 Å². The first-order chi connectivity index (χ1) is 13.4. The summed E-state index contributed by atoms with van der Waals surface area (Å²) in [4.78, 5) is 0. The number of hydrogen-bond donors (Lipinski definition) is 0. The van der Waals surface area contributed by atoms with Crippen molar-refractivity contribution in [2.45, 2.75) is 34.3 Å². The molecular formula is C7H3F15N2O5S3. The summed E-state index contributed by atoms with van der Waals surface area (Å²) < 4.78 is 244. The van der Waals surface area contributed by atoms with Gasteiger partial charge in [0.1, 0.15) is 0 Å². The van der Waals surface area contributed by atoms with Crippen LogP contribution in [0.15, 0.2) is 3.77 Å². The van der Waals surface area contributed by atoms with Gasteiger partial charge in [0.25, 0.3) is 10.0 Å². The zero-order chi connectivity index (χ0) is 26.8. The lowest BCUT2D eigenvalue weighted by molar-refractivity contribution is -0.382. The standard InChI is InChI=1S/C7H3F15N2O5S3/c1-24(30(25,6(17,18)19)23-31(26,27)7(20,21)22)32(28,29)5(15,16)3(10,11)2(8,9)4(12,13)14/h1H3. The molecule has 0 bridgehead atoms. The lowest BCUT2D eigenvalue weighted by Gasteiger charge is -2.35. The van der Waals surface area contributed by atoms with Crippen LogP contribution in [0, 0.1) is 0 Å². The van der Waals surface area contributed by atoms with E-state index in [1.54, 1.807) is 0 Å². The monoisotopic (exact) mass is 576 g/mol. The first kappa shape index (κ1) is 30.8. The minimum Gasteiger partial charge on any atom is -0.222 e. The van der Waals surface area contributed by atoms with E-state index in [4.69, 9.17) is 0 Å². The van der Waals surface area contributed by atoms with E-state index in [1.165, 1.54) is 0 Å². The highest BCUT2D eigenvalue weighted by Gasteiger charge is 2.86. The van der Waals surface area contributed by atoms with Crippen molar-refractivity contribution in [2.24, 2.45) is 3.77 Å². The highest BCUT2D eigenvalue weighted by molar-refractivity contribution is 8.09. The number of nitrogens with zero attached hydrogens (tertiary/aromatic N) is 2. The molecule has 0 aliphatic heterocycles. The quantitative estimate of drug-likeness (QED) is 0.452. The average Bonchev–Trinajstić information content (AvgIpc) is 2.49. The van der Waals surface area contributed by atoms with Gasteiger partial charge in [-0.2, -0.15) is 74.3 Å². The Morgan fingerprint density at radius 1 is 0.594 bits per heavy atom. The number of sulfonamides is 2. The van der Waals surface area contributed by atoms with Crippen LogP contribution in [0.5, 0.6) is 0 Å². The summed E-state index contributed by atoms with van der Waals surface area (Å²) in [7, 11) is -25.4. The van der Waals surface area contributed by atoms with Gasteiger partial charge >= 0.3 is 44.3 Å². The third kappa shape index (κ3) is 4.43. The second kappa shape index (κ2) is 7.64. The summed E-state index contributed by atoms with van der Waals surface area (Å²) in [5, 5.41) is -7.99. The molecule has 0 fully saturated rings. The smallest absolute Gasteiger partial charge is 0.222 e. The zero-order valence-electron chi connectivity index (χ0n) is 13.8. The molecule has 7 nitrogen and oxygen atoms in total. The molecule has 0 aliphatic rings. The highest BCUT2D eigenvalue weighted by Crippen LogP contribution is 2.55. The molecule has 0 aromatic heterocycles. The Balaban J connectivity index is 7.31. The minimum atomic E-state index is -8.45. The number of alkyl halides is 15. The van der Waals surface area contributed by atoms with Gasteiger partial charge in [0, 0.05) is 7.05 Å². The van der Waals surface area contributed by atoms with Crippen molar-refractivity contribution in [2.75, 3.05) is 7.05 Å². The third-order valence-corrected chi connectivity index (χ3v) is 9.17. The normalized spacial score (nSPS) is 17.9. The Labute approximate surface area is 166 Å². The second-order valence-corrected chi connectivity index (χ2v) is 11.3. The number of halogens is 15. The first-order valence-electron chi connectivity index (χ1n) is 6.21. The number of rotatable bonds is 6. The molecule has 0 N–H and O–H groups in total. The fourth-order valence-corrected chi connectivity index (χ4v) is 6.25. The van der Waals surface area contributed by atoms with Gasteiger partial charge in [0.2, 0.25) is 9.92 Å². The topological polar surface area (TPSA) is 101 Å². The van der Waals surface area contributed by atoms with Gasteiger partial charge in [-0.05, 0) is 0 Å². The van der Waals surface area contributed by atoms with Gasteiger partial charge in [-0.3, -0.25) is 0 Å². The summed E-state index contributed by atoms with van der Waals surface area (Å²) in [6.45, 7) is 0. The third-order valence-electron chi connectivity index (χ3n) is 2.92. The number of hydrogen-bond acceptors (Lipinski definition) is 5. The molecule has 0 saturated heterocycles. The summed E-state index contributed by atoms with van der Waals surface area (Å²) in [6, 6.07) is 0. The molecular weight excluding hydrogens is 573 g/mol. The maximum atomic E-state index is 13.6. The summed E-state index contributed by atoms with van der Waals surface area (Å²) in [5.74, 6) is -16.2.